The molecular formula is C20H26N4O3. The molecule has 2 aliphatic heterocycles. The monoisotopic (exact) mass is 370 g/mol. The maximum atomic E-state index is 12.4. The van der Waals surface area contributed by atoms with Crippen LogP contribution in [0, 0.1) is 10.1 Å². The number of hydrogen-bond acceptors (Lipinski definition) is 5. The van der Waals surface area contributed by atoms with Crippen molar-refractivity contribution in [2.75, 3.05) is 50.7 Å². The molecule has 1 aromatic carbocycles. The molecule has 2 saturated heterocycles. The Morgan fingerprint density at radius 3 is 2.48 bits per heavy atom. The molecule has 2 heterocycles. The molecule has 0 aromatic heterocycles. The Labute approximate surface area is 159 Å². The fourth-order valence-electron chi connectivity index (χ4n) is 3.62. The van der Waals surface area contributed by atoms with Crippen molar-refractivity contribution < 1.29 is 9.72 Å². The van der Waals surface area contributed by atoms with Gasteiger partial charge in [0.25, 0.3) is 5.69 Å². The lowest BCUT2D eigenvalue weighted by Crippen LogP contribution is -2.48. The Balaban J connectivity index is 1.66. The zero-order valence-corrected chi connectivity index (χ0v) is 15.5. The summed E-state index contributed by atoms with van der Waals surface area (Å²) in [7, 11) is 0. The third-order valence-electron chi connectivity index (χ3n) is 5.13. The van der Waals surface area contributed by atoms with Crippen molar-refractivity contribution in [2.24, 2.45) is 0 Å². The lowest BCUT2D eigenvalue weighted by atomic mass is 10.1. The van der Waals surface area contributed by atoms with Crippen LogP contribution in [-0.2, 0) is 4.79 Å². The van der Waals surface area contributed by atoms with Gasteiger partial charge in [0.1, 0.15) is 5.69 Å². The first-order chi connectivity index (χ1) is 13.1. The lowest BCUT2D eigenvalue weighted by molar-refractivity contribution is -0.384. The van der Waals surface area contributed by atoms with Crippen molar-refractivity contribution >= 4 is 23.4 Å². The maximum Gasteiger partial charge on any atom is 0.293 e. The Bertz CT molecular complexity index is 733. The van der Waals surface area contributed by atoms with Gasteiger partial charge in [-0.15, -0.1) is 6.58 Å². The largest absolute Gasteiger partial charge is 0.366 e. The number of piperazine rings is 1. The molecule has 7 heteroatoms. The van der Waals surface area contributed by atoms with Crippen molar-refractivity contribution in [3.8, 4) is 0 Å². The third kappa shape index (κ3) is 4.74. The fraction of sp³-hybridized carbons (Fsp3) is 0.450. The fourth-order valence-corrected chi connectivity index (χ4v) is 3.62. The van der Waals surface area contributed by atoms with Gasteiger partial charge < -0.3 is 9.80 Å². The first-order valence-corrected chi connectivity index (χ1v) is 9.42. The molecule has 2 fully saturated rings. The number of amides is 1. The number of nitrogens with zero attached hydrogens (tertiary/aromatic N) is 4. The van der Waals surface area contributed by atoms with Crippen molar-refractivity contribution in [1.29, 1.82) is 0 Å². The Morgan fingerprint density at radius 2 is 1.85 bits per heavy atom. The summed E-state index contributed by atoms with van der Waals surface area (Å²) >= 11 is 0. The topological polar surface area (TPSA) is 69.9 Å². The highest BCUT2D eigenvalue weighted by molar-refractivity contribution is 5.92. The number of nitro benzene ring substituents is 1. The number of benzene rings is 1. The second-order valence-corrected chi connectivity index (χ2v) is 6.95. The summed E-state index contributed by atoms with van der Waals surface area (Å²) in [4.78, 5) is 29.6. The summed E-state index contributed by atoms with van der Waals surface area (Å²) in [5, 5.41) is 11.5. The average molecular weight is 370 g/mol. The van der Waals surface area contributed by atoms with E-state index >= 15 is 0 Å². The molecule has 0 saturated carbocycles. The molecule has 1 aromatic rings. The predicted octanol–water partition coefficient (Wildman–Crippen LogP) is 2.54. The number of hydrogen-bond donors (Lipinski definition) is 0. The molecule has 0 radical (unpaired) electrons. The molecular weight excluding hydrogens is 344 g/mol. The number of carbonyl (C=O) groups excluding carboxylic acids is 1. The van der Waals surface area contributed by atoms with Gasteiger partial charge in [0.15, 0.2) is 0 Å². The quantitative estimate of drug-likeness (QED) is 0.333. The van der Waals surface area contributed by atoms with E-state index in [1.165, 1.54) is 6.08 Å². The molecule has 0 N–H and O–H groups in total. The second-order valence-electron chi connectivity index (χ2n) is 6.95. The third-order valence-corrected chi connectivity index (χ3v) is 5.13. The van der Waals surface area contributed by atoms with Crippen LogP contribution >= 0.6 is 0 Å². The van der Waals surface area contributed by atoms with E-state index < -0.39 is 0 Å². The van der Waals surface area contributed by atoms with Crippen molar-refractivity contribution in [1.82, 2.24) is 9.80 Å². The van der Waals surface area contributed by atoms with E-state index in [0.717, 1.165) is 45.6 Å². The van der Waals surface area contributed by atoms with Crippen LogP contribution in [-0.4, -0.2) is 66.4 Å². The summed E-state index contributed by atoms with van der Waals surface area (Å²) in [6, 6.07) is 5.19. The van der Waals surface area contributed by atoms with E-state index in [0.29, 0.717) is 24.3 Å². The van der Waals surface area contributed by atoms with Crippen LogP contribution in [0.3, 0.4) is 0 Å². The minimum absolute atomic E-state index is 0.0560. The normalized spacial score (nSPS) is 18.2. The molecule has 0 unspecified atom stereocenters. The number of nitro groups is 1. The minimum Gasteiger partial charge on any atom is -0.366 e. The lowest BCUT2D eigenvalue weighted by Gasteiger charge is -2.33. The van der Waals surface area contributed by atoms with Gasteiger partial charge in [0, 0.05) is 58.0 Å². The SMILES string of the molecule is C=CCN1CCN(C(=O)C=Cc2ccc(N3CCCC3)c([N+](=O)[O-])c2)CC1. The van der Waals surface area contributed by atoms with Crippen molar-refractivity contribution in [2.45, 2.75) is 12.8 Å². The first kappa shape index (κ1) is 19.1. The van der Waals surface area contributed by atoms with E-state index in [1.807, 2.05) is 17.0 Å². The minimum atomic E-state index is -0.342. The van der Waals surface area contributed by atoms with Gasteiger partial charge in [-0.1, -0.05) is 12.1 Å². The molecule has 7 nitrogen and oxygen atoms in total. The van der Waals surface area contributed by atoms with Gasteiger partial charge in [-0.25, -0.2) is 0 Å². The summed E-state index contributed by atoms with van der Waals surface area (Å²) in [6.45, 7) is 9.32. The number of carbonyl (C=O) groups is 1. The molecule has 0 atom stereocenters. The van der Waals surface area contributed by atoms with Gasteiger partial charge in [-0.05, 0) is 30.5 Å². The molecule has 0 aliphatic carbocycles. The van der Waals surface area contributed by atoms with Crippen LogP contribution in [0.2, 0.25) is 0 Å². The smallest absolute Gasteiger partial charge is 0.293 e. The van der Waals surface area contributed by atoms with Gasteiger partial charge in [0.05, 0.1) is 4.92 Å². The van der Waals surface area contributed by atoms with E-state index in [-0.39, 0.29) is 16.5 Å². The highest BCUT2D eigenvalue weighted by Crippen LogP contribution is 2.32. The molecule has 144 valence electrons. The van der Waals surface area contributed by atoms with Crippen LogP contribution in [0.15, 0.2) is 36.9 Å². The Kier molecular flexibility index (Phi) is 6.24. The van der Waals surface area contributed by atoms with Gasteiger partial charge in [-0.3, -0.25) is 19.8 Å². The van der Waals surface area contributed by atoms with Crippen molar-refractivity contribution in [3.05, 3.63) is 52.6 Å². The maximum absolute atomic E-state index is 12.4. The van der Waals surface area contributed by atoms with E-state index in [2.05, 4.69) is 16.4 Å². The average Bonchev–Trinajstić information content (AvgIpc) is 3.21. The highest BCUT2D eigenvalue weighted by Gasteiger charge is 2.22. The number of anilines is 1. The first-order valence-electron chi connectivity index (χ1n) is 9.42. The molecule has 27 heavy (non-hydrogen) atoms. The highest BCUT2D eigenvalue weighted by atomic mass is 16.6. The summed E-state index contributed by atoms with van der Waals surface area (Å²) in [5.41, 5.74) is 1.44. The molecule has 3 rings (SSSR count). The van der Waals surface area contributed by atoms with Gasteiger partial charge in [0.2, 0.25) is 5.91 Å². The van der Waals surface area contributed by atoms with Gasteiger partial charge >= 0.3 is 0 Å². The van der Waals surface area contributed by atoms with E-state index in [9.17, 15) is 14.9 Å². The summed E-state index contributed by atoms with van der Waals surface area (Å²) in [5.74, 6) is -0.0560. The molecule has 2 aliphatic rings. The summed E-state index contributed by atoms with van der Waals surface area (Å²) in [6.07, 6.45) is 7.17. The van der Waals surface area contributed by atoms with Crippen molar-refractivity contribution in [3.63, 3.8) is 0 Å². The standard InChI is InChI=1S/C20H26N4O3/c1-2-9-21-12-14-23(15-13-21)20(25)8-6-17-5-7-18(19(16-17)24(26)27)22-10-3-4-11-22/h2,5-8,16H,1,3-4,9-15H2. The van der Waals surface area contributed by atoms with Gasteiger partial charge in [-0.2, -0.15) is 0 Å². The van der Waals surface area contributed by atoms with E-state index in [4.69, 9.17) is 0 Å². The predicted molar refractivity (Wildman–Crippen MR) is 107 cm³/mol. The van der Waals surface area contributed by atoms with Crippen LogP contribution in [0.5, 0.6) is 0 Å². The number of rotatable bonds is 6. The Hall–Kier alpha value is -2.67. The molecule has 1 amide bonds. The Morgan fingerprint density at radius 1 is 1.15 bits per heavy atom. The van der Waals surface area contributed by atoms with Crippen LogP contribution < -0.4 is 4.90 Å². The second kappa shape index (κ2) is 8.81. The zero-order chi connectivity index (χ0) is 19.2. The zero-order valence-electron chi connectivity index (χ0n) is 15.5. The van der Waals surface area contributed by atoms with Crippen LogP contribution in [0.1, 0.15) is 18.4 Å². The van der Waals surface area contributed by atoms with Crippen LogP contribution in [0.4, 0.5) is 11.4 Å². The van der Waals surface area contributed by atoms with Crippen LogP contribution in [0.25, 0.3) is 6.08 Å². The molecule has 0 bridgehead atoms. The summed E-state index contributed by atoms with van der Waals surface area (Å²) < 4.78 is 0. The van der Waals surface area contributed by atoms with E-state index in [1.54, 1.807) is 18.2 Å². The molecule has 0 spiro atoms.